The van der Waals surface area contributed by atoms with Gasteiger partial charge in [-0.15, -0.1) is 0 Å². The first kappa shape index (κ1) is 59.5. The van der Waals surface area contributed by atoms with Crippen molar-refractivity contribution in [2.24, 2.45) is 0 Å². The number of esters is 1. The van der Waals surface area contributed by atoms with Crippen molar-refractivity contribution >= 4 is 11.9 Å². The Morgan fingerprint density at radius 2 is 0.937 bits per heavy atom. The molecular formula is C57H95NO5. The Bertz CT molecular complexity index is 1300. The summed E-state index contributed by atoms with van der Waals surface area (Å²) in [4.78, 5) is 26.1. The lowest BCUT2D eigenvalue weighted by Crippen LogP contribution is -2.46. The number of ether oxygens (including phenoxy) is 1. The van der Waals surface area contributed by atoms with Gasteiger partial charge in [0.25, 0.3) is 0 Å². The van der Waals surface area contributed by atoms with Gasteiger partial charge < -0.3 is 20.3 Å². The second kappa shape index (κ2) is 49.5. The Morgan fingerprint density at radius 3 is 1.46 bits per heavy atom. The van der Waals surface area contributed by atoms with E-state index in [-0.39, 0.29) is 31.3 Å². The Morgan fingerprint density at radius 1 is 0.492 bits per heavy atom. The quantitative estimate of drug-likeness (QED) is 0.0245. The average Bonchev–Trinajstić information content (AvgIpc) is 3.28. The maximum Gasteiger partial charge on any atom is 0.306 e. The number of carbonyl (C=O) groups is 2. The number of carbonyl (C=O) groups excluding carboxylic acids is 2. The van der Waals surface area contributed by atoms with Crippen molar-refractivity contribution in [3.63, 3.8) is 0 Å². The van der Waals surface area contributed by atoms with E-state index in [2.05, 4.69) is 80.8 Å². The topological polar surface area (TPSA) is 95.9 Å². The Hall–Kier alpha value is -3.48. The van der Waals surface area contributed by atoms with E-state index in [9.17, 15) is 19.8 Å². The van der Waals surface area contributed by atoms with Gasteiger partial charge in [-0.2, -0.15) is 0 Å². The van der Waals surface area contributed by atoms with Crippen LogP contribution in [-0.2, 0) is 14.3 Å². The van der Waals surface area contributed by atoms with Crippen LogP contribution in [0.3, 0.4) is 0 Å². The smallest absolute Gasteiger partial charge is 0.306 e. The number of aliphatic hydroxyl groups excluding tert-OH is 2. The molecule has 6 nitrogen and oxygen atoms in total. The van der Waals surface area contributed by atoms with Gasteiger partial charge in [-0.25, -0.2) is 0 Å². The summed E-state index contributed by atoms with van der Waals surface area (Å²) in [7, 11) is 0. The molecule has 358 valence electrons. The number of amides is 1. The van der Waals surface area contributed by atoms with Crippen molar-refractivity contribution in [1.29, 1.82) is 0 Å². The highest BCUT2D eigenvalue weighted by atomic mass is 16.5. The fourth-order valence-electron chi connectivity index (χ4n) is 7.10. The molecule has 0 rings (SSSR count). The highest BCUT2D eigenvalue weighted by Crippen LogP contribution is 2.16. The van der Waals surface area contributed by atoms with Crippen molar-refractivity contribution in [2.45, 2.75) is 232 Å². The molecule has 0 aliphatic carbocycles. The first-order valence-electron chi connectivity index (χ1n) is 25.7. The van der Waals surface area contributed by atoms with Gasteiger partial charge in [0, 0.05) is 6.42 Å². The minimum atomic E-state index is -0.821. The van der Waals surface area contributed by atoms with Gasteiger partial charge in [0.1, 0.15) is 6.10 Å². The molecule has 0 saturated heterocycles. The summed E-state index contributed by atoms with van der Waals surface area (Å²) in [5.41, 5.74) is 0. The third-order valence-electron chi connectivity index (χ3n) is 11.0. The molecule has 3 N–H and O–H groups in total. The van der Waals surface area contributed by atoms with E-state index in [0.717, 1.165) is 64.2 Å². The van der Waals surface area contributed by atoms with E-state index < -0.39 is 18.2 Å². The molecule has 3 unspecified atom stereocenters. The van der Waals surface area contributed by atoms with Crippen LogP contribution in [0, 0.1) is 0 Å². The average molecular weight is 874 g/mol. The van der Waals surface area contributed by atoms with E-state index in [4.69, 9.17) is 4.74 Å². The van der Waals surface area contributed by atoms with Crippen LogP contribution in [0.1, 0.15) is 213 Å². The number of hydrogen-bond acceptors (Lipinski definition) is 5. The third kappa shape index (κ3) is 44.9. The van der Waals surface area contributed by atoms with Gasteiger partial charge in [-0.1, -0.05) is 233 Å². The molecule has 6 heteroatoms. The van der Waals surface area contributed by atoms with Crippen molar-refractivity contribution in [3.05, 3.63) is 109 Å². The van der Waals surface area contributed by atoms with Crippen LogP contribution in [0.2, 0.25) is 0 Å². The standard InChI is InChI=1S/C57H95NO5/c1-4-7-10-13-16-19-22-25-27-28-29-31-33-36-39-42-45-48-53(63-57(62)50-47-44-41-38-35-30-24-21-18-15-12-9-6-3)51-56(61)58-54(52-59)55(60)49-46-43-40-37-34-32-26-23-20-17-14-11-8-5-2/h9,12,15-16,18-19,21,24-25,27,29-31,35-36,38-39,41,53-55,59-60H,4-8,10-11,13-14,17,20,22-23,26,28,32-34,37,40,42-52H2,1-3H3,(H,58,61)/b12-9+,18-15+,19-16-,24-21-,27-25-,31-29-,35-30-,39-36-,41-38+. The van der Waals surface area contributed by atoms with Crippen molar-refractivity contribution in [3.8, 4) is 0 Å². The van der Waals surface area contributed by atoms with E-state index in [0.29, 0.717) is 19.3 Å². The molecule has 0 aliphatic rings. The lowest BCUT2D eigenvalue weighted by atomic mass is 10.0. The van der Waals surface area contributed by atoms with Gasteiger partial charge in [0.05, 0.1) is 25.2 Å². The van der Waals surface area contributed by atoms with E-state index in [1.54, 1.807) is 0 Å². The number of rotatable bonds is 44. The van der Waals surface area contributed by atoms with Gasteiger partial charge in [0.15, 0.2) is 0 Å². The van der Waals surface area contributed by atoms with Crippen LogP contribution in [0.5, 0.6) is 0 Å². The van der Waals surface area contributed by atoms with Crippen LogP contribution in [0.25, 0.3) is 0 Å². The molecule has 0 bridgehead atoms. The highest BCUT2D eigenvalue weighted by molar-refractivity contribution is 5.77. The zero-order valence-corrected chi connectivity index (χ0v) is 40.7. The normalized spacial score (nSPS) is 14.2. The molecule has 0 aromatic heterocycles. The molecule has 0 aromatic rings. The van der Waals surface area contributed by atoms with Crippen molar-refractivity contribution in [2.75, 3.05) is 6.61 Å². The molecule has 0 aromatic carbocycles. The maximum atomic E-state index is 13.2. The second-order valence-electron chi connectivity index (χ2n) is 17.0. The summed E-state index contributed by atoms with van der Waals surface area (Å²) in [5, 5.41) is 23.7. The van der Waals surface area contributed by atoms with Crippen LogP contribution < -0.4 is 5.32 Å². The van der Waals surface area contributed by atoms with Crippen LogP contribution in [0.15, 0.2) is 109 Å². The monoisotopic (exact) mass is 874 g/mol. The zero-order chi connectivity index (χ0) is 45.9. The fourth-order valence-corrected chi connectivity index (χ4v) is 7.10. The van der Waals surface area contributed by atoms with Gasteiger partial charge in [-0.3, -0.25) is 9.59 Å². The van der Waals surface area contributed by atoms with E-state index in [1.165, 1.54) is 96.3 Å². The number of hydrogen-bond donors (Lipinski definition) is 3. The number of nitrogens with one attached hydrogen (secondary N) is 1. The molecule has 0 radical (unpaired) electrons. The van der Waals surface area contributed by atoms with Crippen molar-refractivity contribution in [1.82, 2.24) is 5.32 Å². The zero-order valence-electron chi connectivity index (χ0n) is 40.7. The molecule has 0 saturated carbocycles. The predicted molar refractivity (Wildman–Crippen MR) is 273 cm³/mol. The minimum Gasteiger partial charge on any atom is -0.462 e. The molecule has 0 aliphatic heterocycles. The molecule has 3 atom stereocenters. The third-order valence-corrected chi connectivity index (χ3v) is 11.0. The predicted octanol–water partition coefficient (Wildman–Crippen LogP) is 15.5. The van der Waals surface area contributed by atoms with Gasteiger partial charge in [0.2, 0.25) is 5.91 Å². The van der Waals surface area contributed by atoms with E-state index >= 15 is 0 Å². The minimum absolute atomic E-state index is 0.00469. The van der Waals surface area contributed by atoms with Crippen LogP contribution in [0.4, 0.5) is 0 Å². The van der Waals surface area contributed by atoms with Crippen LogP contribution in [-0.4, -0.2) is 46.9 Å². The Kier molecular flexibility index (Phi) is 46.8. The molecule has 63 heavy (non-hydrogen) atoms. The first-order chi connectivity index (χ1) is 31.0. The second-order valence-corrected chi connectivity index (χ2v) is 17.0. The molecule has 0 spiro atoms. The molecule has 0 heterocycles. The molecule has 0 fully saturated rings. The van der Waals surface area contributed by atoms with E-state index in [1.807, 2.05) is 54.7 Å². The summed E-state index contributed by atoms with van der Waals surface area (Å²) in [6.45, 7) is 6.27. The summed E-state index contributed by atoms with van der Waals surface area (Å²) >= 11 is 0. The lowest BCUT2D eigenvalue weighted by molar-refractivity contribution is -0.151. The summed E-state index contributed by atoms with van der Waals surface area (Å²) in [6.07, 6.45) is 67.2. The Labute approximate surface area is 388 Å². The van der Waals surface area contributed by atoms with Crippen LogP contribution >= 0.6 is 0 Å². The van der Waals surface area contributed by atoms with Crippen molar-refractivity contribution < 1.29 is 24.5 Å². The molecule has 1 amide bonds. The summed E-state index contributed by atoms with van der Waals surface area (Å²) in [6, 6.07) is -0.741. The summed E-state index contributed by atoms with van der Waals surface area (Å²) in [5.74, 6) is -0.626. The van der Waals surface area contributed by atoms with Gasteiger partial charge >= 0.3 is 5.97 Å². The lowest BCUT2D eigenvalue weighted by Gasteiger charge is -2.24. The Balaban J connectivity index is 4.81. The SMILES string of the molecule is CC/C=C/C=C/C=C\C=C/C=C/CCCC(=O)OC(CCC/C=C\C/C=C\C/C=C\C/C=C\CCCCC)CC(=O)NC(CO)C(O)CCCCCCCCCCCCCCCC. The largest absolute Gasteiger partial charge is 0.462 e. The molecular weight excluding hydrogens is 779 g/mol. The number of allylic oxidation sites excluding steroid dienone is 18. The first-order valence-corrected chi connectivity index (χ1v) is 25.7. The summed E-state index contributed by atoms with van der Waals surface area (Å²) < 4.78 is 5.86. The number of aliphatic hydroxyl groups is 2. The maximum absolute atomic E-state index is 13.2. The fraction of sp³-hybridized carbons (Fsp3) is 0.649. The highest BCUT2D eigenvalue weighted by Gasteiger charge is 2.24. The van der Waals surface area contributed by atoms with Gasteiger partial charge in [-0.05, 0) is 77.0 Å². The number of unbranched alkanes of at least 4 members (excludes halogenated alkanes) is 18.